The van der Waals surface area contributed by atoms with Crippen molar-refractivity contribution in [2.45, 2.75) is 20.0 Å². The number of alkyl halides is 3. The molecular weight excluding hydrogens is 349 g/mol. The van der Waals surface area contributed by atoms with Gasteiger partial charge < -0.3 is 10.6 Å². The summed E-state index contributed by atoms with van der Waals surface area (Å²) < 4.78 is 38.5. The van der Waals surface area contributed by atoms with Crippen molar-refractivity contribution in [3.63, 3.8) is 0 Å². The quantitative estimate of drug-likeness (QED) is 0.885. The monoisotopic (exact) mass is 366 g/mol. The van der Waals surface area contributed by atoms with E-state index in [-0.39, 0.29) is 11.0 Å². The lowest BCUT2D eigenvalue weighted by atomic mass is 9.93. The van der Waals surface area contributed by atoms with Crippen LogP contribution in [0.15, 0.2) is 22.7 Å². The fourth-order valence-corrected chi connectivity index (χ4v) is 2.27. The molecule has 0 aromatic heterocycles. The van der Waals surface area contributed by atoms with Gasteiger partial charge >= 0.3 is 6.18 Å². The highest BCUT2D eigenvalue weighted by atomic mass is 79.9. The summed E-state index contributed by atoms with van der Waals surface area (Å²) in [6.07, 6.45) is -4.48. The predicted molar refractivity (Wildman–Crippen MR) is 78.9 cm³/mol. The molecule has 118 valence electrons. The molecule has 1 aromatic carbocycles. The van der Waals surface area contributed by atoms with Crippen LogP contribution in [0.1, 0.15) is 29.8 Å². The molecule has 0 unspecified atom stereocenters. The summed E-state index contributed by atoms with van der Waals surface area (Å²) in [6, 6.07) is 3.03. The Morgan fingerprint density at radius 2 is 1.90 bits per heavy atom. The largest absolute Gasteiger partial charge is 0.416 e. The third-order valence-electron chi connectivity index (χ3n) is 3.09. The molecule has 0 aliphatic rings. The van der Waals surface area contributed by atoms with Gasteiger partial charge in [0.1, 0.15) is 0 Å². The molecule has 0 fully saturated rings. The first kappa shape index (κ1) is 18.0. The second kappa shape index (κ2) is 6.36. The average molecular weight is 367 g/mol. The van der Waals surface area contributed by atoms with E-state index in [1.165, 1.54) is 11.0 Å². The molecule has 1 rings (SSSR count). The van der Waals surface area contributed by atoms with Crippen molar-refractivity contribution in [3.05, 3.63) is 33.8 Å². The highest BCUT2D eigenvalue weighted by molar-refractivity contribution is 9.10. The second-order valence-corrected chi connectivity index (χ2v) is 6.58. The lowest BCUT2D eigenvalue weighted by molar-refractivity contribution is -0.137. The highest BCUT2D eigenvalue weighted by Crippen LogP contribution is 2.32. The summed E-state index contributed by atoms with van der Waals surface area (Å²) in [5.74, 6) is -0.477. The van der Waals surface area contributed by atoms with E-state index in [9.17, 15) is 18.0 Å². The molecule has 0 radical (unpaired) electrons. The summed E-state index contributed by atoms with van der Waals surface area (Å²) in [7, 11) is 1.55. The summed E-state index contributed by atoms with van der Waals surface area (Å²) >= 11 is 3.12. The Morgan fingerprint density at radius 1 is 1.33 bits per heavy atom. The lowest BCUT2D eigenvalue weighted by Crippen LogP contribution is -2.39. The van der Waals surface area contributed by atoms with Crippen LogP contribution in [0.2, 0.25) is 0 Å². The van der Waals surface area contributed by atoms with Gasteiger partial charge in [-0.25, -0.2) is 0 Å². The number of amides is 1. The number of carbonyl (C=O) groups excluding carboxylic acids is 1. The van der Waals surface area contributed by atoms with Crippen LogP contribution in [0.3, 0.4) is 0 Å². The van der Waals surface area contributed by atoms with E-state index in [1.54, 1.807) is 7.05 Å². The molecule has 1 amide bonds. The fourth-order valence-electron chi connectivity index (χ4n) is 1.85. The second-order valence-electron chi connectivity index (χ2n) is 5.72. The van der Waals surface area contributed by atoms with Gasteiger partial charge in [0, 0.05) is 18.1 Å². The number of benzene rings is 1. The normalized spacial score (nSPS) is 12.4. The zero-order valence-corrected chi connectivity index (χ0v) is 13.7. The Labute approximate surface area is 130 Å². The van der Waals surface area contributed by atoms with Gasteiger partial charge in [-0.2, -0.15) is 13.2 Å². The number of nitrogens with two attached hydrogens (primary N) is 1. The number of hydrogen-bond acceptors (Lipinski definition) is 2. The van der Waals surface area contributed by atoms with Gasteiger partial charge in [-0.15, -0.1) is 0 Å². The molecule has 3 nitrogen and oxygen atoms in total. The van der Waals surface area contributed by atoms with Crippen LogP contribution in [-0.4, -0.2) is 30.9 Å². The predicted octanol–water partition coefficient (Wildman–Crippen LogP) is 3.52. The first-order valence-electron chi connectivity index (χ1n) is 6.30. The topological polar surface area (TPSA) is 46.3 Å². The standard InChI is InChI=1S/C14H18BrF3N2O/c1-13(2,7-19)8-20(3)12(21)10-6-9(14(16,17)18)4-5-11(10)15/h4-6H,7-8,19H2,1-3H3. The van der Waals surface area contributed by atoms with Crippen LogP contribution in [-0.2, 0) is 6.18 Å². The van der Waals surface area contributed by atoms with E-state index in [1.807, 2.05) is 13.8 Å². The average Bonchev–Trinajstić information content (AvgIpc) is 2.36. The molecule has 0 spiro atoms. The first-order valence-corrected chi connectivity index (χ1v) is 7.09. The van der Waals surface area contributed by atoms with E-state index in [4.69, 9.17) is 5.73 Å². The van der Waals surface area contributed by atoms with E-state index in [0.717, 1.165) is 12.1 Å². The zero-order chi connectivity index (χ0) is 16.4. The molecule has 7 heteroatoms. The molecule has 1 aromatic rings. The maximum absolute atomic E-state index is 12.7. The van der Waals surface area contributed by atoms with Crippen LogP contribution >= 0.6 is 15.9 Å². The summed E-state index contributed by atoms with van der Waals surface area (Å²) in [6.45, 7) is 4.50. The molecule has 0 aliphatic carbocycles. The van der Waals surface area contributed by atoms with Crippen molar-refractivity contribution in [2.24, 2.45) is 11.1 Å². The van der Waals surface area contributed by atoms with Crippen molar-refractivity contribution in [3.8, 4) is 0 Å². The zero-order valence-electron chi connectivity index (χ0n) is 12.1. The molecule has 0 saturated heterocycles. The number of hydrogen-bond donors (Lipinski definition) is 1. The third-order valence-corrected chi connectivity index (χ3v) is 3.78. The number of carbonyl (C=O) groups is 1. The van der Waals surface area contributed by atoms with Crippen LogP contribution in [0, 0.1) is 5.41 Å². The Morgan fingerprint density at radius 3 is 2.38 bits per heavy atom. The van der Waals surface area contributed by atoms with Crippen molar-refractivity contribution < 1.29 is 18.0 Å². The SMILES string of the molecule is CN(CC(C)(C)CN)C(=O)c1cc(C(F)(F)F)ccc1Br. The van der Waals surface area contributed by atoms with E-state index in [2.05, 4.69) is 15.9 Å². The van der Waals surface area contributed by atoms with Crippen molar-refractivity contribution >= 4 is 21.8 Å². The summed E-state index contributed by atoms with van der Waals surface area (Å²) in [4.78, 5) is 13.7. The van der Waals surface area contributed by atoms with Gasteiger partial charge in [-0.05, 0) is 46.1 Å². The Balaban J connectivity index is 3.07. The van der Waals surface area contributed by atoms with E-state index < -0.39 is 17.6 Å². The molecular formula is C14H18BrF3N2O. The van der Waals surface area contributed by atoms with E-state index >= 15 is 0 Å². The Bertz CT molecular complexity index is 529. The van der Waals surface area contributed by atoms with Gasteiger partial charge in [0.2, 0.25) is 0 Å². The Kier molecular flexibility index (Phi) is 5.44. The lowest BCUT2D eigenvalue weighted by Gasteiger charge is -2.29. The van der Waals surface area contributed by atoms with E-state index in [0.29, 0.717) is 17.6 Å². The molecule has 0 saturated carbocycles. The number of rotatable bonds is 4. The highest BCUT2D eigenvalue weighted by Gasteiger charge is 2.32. The minimum atomic E-state index is -4.48. The van der Waals surface area contributed by atoms with Gasteiger partial charge in [0.15, 0.2) is 0 Å². The minimum absolute atomic E-state index is 0.0138. The van der Waals surface area contributed by atoms with Crippen molar-refractivity contribution in [1.29, 1.82) is 0 Å². The van der Waals surface area contributed by atoms with Crippen LogP contribution in [0.4, 0.5) is 13.2 Å². The van der Waals surface area contributed by atoms with Crippen LogP contribution < -0.4 is 5.73 Å². The number of halogens is 4. The van der Waals surface area contributed by atoms with Gasteiger partial charge in [0.25, 0.3) is 5.91 Å². The molecule has 0 atom stereocenters. The fraction of sp³-hybridized carbons (Fsp3) is 0.500. The molecule has 2 N–H and O–H groups in total. The minimum Gasteiger partial charge on any atom is -0.341 e. The molecule has 0 heterocycles. The molecule has 0 aliphatic heterocycles. The molecule has 0 bridgehead atoms. The van der Waals surface area contributed by atoms with Crippen LogP contribution in [0.25, 0.3) is 0 Å². The van der Waals surface area contributed by atoms with Gasteiger partial charge in [-0.3, -0.25) is 4.79 Å². The van der Waals surface area contributed by atoms with Crippen molar-refractivity contribution in [1.82, 2.24) is 4.90 Å². The smallest absolute Gasteiger partial charge is 0.341 e. The Hall–Kier alpha value is -1.08. The van der Waals surface area contributed by atoms with Crippen molar-refractivity contribution in [2.75, 3.05) is 20.1 Å². The summed E-state index contributed by atoms with van der Waals surface area (Å²) in [5.41, 5.74) is 4.44. The maximum Gasteiger partial charge on any atom is 0.416 e. The van der Waals surface area contributed by atoms with Crippen LogP contribution in [0.5, 0.6) is 0 Å². The molecule has 21 heavy (non-hydrogen) atoms. The van der Waals surface area contributed by atoms with Gasteiger partial charge in [0.05, 0.1) is 11.1 Å². The van der Waals surface area contributed by atoms with Gasteiger partial charge in [-0.1, -0.05) is 13.8 Å². The first-order chi connectivity index (χ1) is 9.48. The summed E-state index contributed by atoms with van der Waals surface area (Å²) in [5, 5.41) is 0. The number of nitrogens with zero attached hydrogens (tertiary/aromatic N) is 1. The maximum atomic E-state index is 12.7. The third kappa shape index (κ3) is 4.71.